The van der Waals surface area contributed by atoms with Gasteiger partial charge in [0.2, 0.25) is 0 Å². The van der Waals surface area contributed by atoms with Crippen LogP contribution in [0.25, 0.3) is 11.2 Å². The van der Waals surface area contributed by atoms with Gasteiger partial charge in [0.05, 0.1) is 6.54 Å². The molecule has 102 valence electrons. The first kappa shape index (κ1) is 12.4. The second kappa shape index (κ2) is 4.78. The number of fused-ring (bicyclic) bond motifs is 1. The highest BCUT2D eigenvalue weighted by Crippen LogP contribution is 2.23. The van der Waals surface area contributed by atoms with Gasteiger partial charge in [0.1, 0.15) is 6.61 Å². The van der Waals surface area contributed by atoms with E-state index in [1.54, 1.807) is 0 Å². The average Bonchev–Trinajstić information content (AvgIpc) is 2.77. The fraction of sp³-hybridized carbons (Fsp3) is 0.154. The Labute approximate surface area is 114 Å². The Morgan fingerprint density at radius 2 is 1.85 bits per heavy atom. The SMILES string of the molecule is Nc1nc(CO)nc2c1nc(O)n2Cc1ccccc1. The van der Waals surface area contributed by atoms with E-state index < -0.39 is 0 Å². The van der Waals surface area contributed by atoms with Crippen molar-refractivity contribution in [2.75, 3.05) is 5.73 Å². The van der Waals surface area contributed by atoms with Crippen LogP contribution in [0.15, 0.2) is 30.3 Å². The summed E-state index contributed by atoms with van der Waals surface area (Å²) in [7, 11) is 0. The molecule has 3 aromatic rings. The number of anilines is 1. The van der Waals surface area contributed by atoms with Crippen molar-refractivity contribution < 1.29 is 10.2 Å². The minimum Gasteiger partial charge on any atom is -0.480 e. The summed E-state index contributed by atoms with van der Waals surface area (Å²) >= 11 is 0. The molecule has 3 rings (SSSR count). The summed E-state index contributed by atoms with van der Waals surface area (Å²) in [6.07, 6.45) is 0. The highest BCUT2D eigenvalue weighted by molar-refractivity contribution is 5.82. The number of nitrogen functional groups attached to an aromatic ring is 1. The normalized spacial score (nSPS) is 11.1. The predicted octanol–water partition coefficient (Wildman–Crippen LogP) is 0.655. The van der Waals surface area contributed by atoms with Crippen molar-refractivity contribution in [2.45, 2.75) is 13.2 Å². The molecule has 7 heteroatoms. The van der Waals surface area contributed by atoms with Crippen LogP contribution >= 0.6 is 0 Å². The van der Waals surface area contributed by atoms with Gasteiger partial charge in [0.25, 0.3) is 6.01 Å². The fourth-order valence-corrected chi connectivity index (χ4v) is 2.04. The zero-order chi connectivity index (χ0) is 14.1. The van der Waals surface area contributed by atoms with Crippen molar-refractivity contribution in [3.8, 4) is 6.01 Å². The average molecular weight is 271 g/mol. The molecule has 0 aliphatic rings. The Balaban J connectivity index is 2.14. The van der Waals surface area contributed by atoms with Crippen molar-refractivity contribution in [3.63, 3.8) is 0 Å². The molecule has 1 aromatic carbocycles. The maximum Gasteiger partial charge on any atom is 0.296 e. The van der Waals surface area contributed by atoms with Crippen LogP contribution in [0.3, 0.4) is 0 Å². The van der Waals surface area contributed by atoms with E-state index in [9.17, 15) is 5.11 Å². The number of rotatable bonds is 3. The summed E-state index contributed by atoms with van der Waals surface area (Å²) in [6, 6.07) is 9.42. The second-order valence-corrected chi connectivity index (χ2v) is 4.34. The Morgan fingerprint density at radius 3 is 2.55 bits per heavy atom. The predicted molar refractivity (Wildman–Crippen MR) is 72.9 cm³/mol. The Morgan fingerprint density at radius 1 is 1.10 bits per heavy atom. The number of aromatic nitrogens is 4. The minimum absolute atomic E-state index is 0.140. The standard InChI is InChI=1S/C13H13N5O2/c14-11-10-12(16-9(7-19)15-11)18(13(20)17-10)6-8-4-2-1-3-5-8/h1-5,19H,6-7H2,(H,17,20)(H2,14,15,16). The van der Waals surface area contributed by atoms with Crippen molar-refractivity contribution in [1.82, 2.24) is 19.5 Å². The Hall–Kier alpha value is -2.67. The van der Waals surface area contributed by atoms with Gasteiger partial charge in [-0.05, 0) is 5.56 Å². The quantitative estimate of drug-likeness (QED) is 0.645. The summed E-state index contributed by atoms with van der Waals surface area (Å²) < 4.78 is 1.53. The van der Waals surface area contributed by atoms with Gasteiger partial charge in [0, 0.05) is 0 Å². The third-order valence-corrected chi connectivity index (χ3v) is 2.97. The van der Waals surface area contributed by atoms with Gasteiger partial charge < -0.3 is 15.9 Å². The fourth-order valence-electron chi connectivity index (χ4n) is 2.04. The first-order valence-corrected chi connectivity index (χ1v) is 6.05. The van der Waals surface area contributed by atoms with Gasteiger partial charge >= 0.3 is 0 Å². The largest absolute Gasteiger partial charge is 0.480 e. The van der Waals surface area contributed by atoms with E-state index in [0.29, 0.717) is 17.7 Å². The topological polar surface area (TPSA) is 110 Å². The number of hydrogen-bond donors (Lipinski definition) is 3. The Kier molecular flexibility index (Phi) is 2.96. The van der Waals surface area contributed by atoms with Crippen LogP contribution in [0.2, 0.25) is 0 Å². The summed E-state index contributed by atoms with van der Waals surface area (Å²) in [4.78, 5) is 12.1. The van der Waals surface area contributed by atoms with Crippen LogP contribution in [0.4, 0.5) is 5.82 Å². The van der Waals surface area contributed by atoms with E-state index in [-0.39, 0.29) is 24.3 Å². The lowest BCUT2D eigenvalue weighted by atomic mass is 10.2. The van der Waals surface area contributed by atoms with Crippen LogP contribution < -0.4 is 5.73 Å². The minimum atomic E-state index is -0.322. The van der Waals surface area contributed by atoms with E-state index in [0.717, 1.165) is 5.56 Å². The summed E-state index contributed by atoms with van der Waals surface area (Å²) in [5.74, 6) is 0.338. The number of aliphatic hydroxyl groups is 1. The molecule has 0 amide bonds. The smallest absolute Gasteiger partial charge is 0.296 e. The zero-order valence-corrected chi connectivity index (χ0v) is 10.6. The molecule has 0 saturated carbocycles. The zero-order valence-electron chi connectivity index (χ0n) is 10.6. The number of hydrogen-bond acceptors (Lipinski definition) is 6. The first-order valence-electron chi connectivity index (χ1n) is 6.05. The molecule has 0 bridgehead atoms. The van der Waals surface area contributed by atoms with E-state index in [1.165, 1.54) is 4.57 Å². The van der Waals surface area contributed by atoms with Crippen LogP contribution in [-0.4, -0.2) is 29.7 Å². The third-order valence-electron chi connectivity index (χ3n) is 2.97. The van der Waals surface area contributed by atoms with Crippen LogP contribution in [0, 0.1) is 0 Å². The van der Waals surface area contributed by atoms with Gasteiger partial charge in [-0.1, -0.05) is 30.3 Å². The summed E-state index contributed by atoms with van der Waals surface area (Å²) in [5.41, 5.74) is 7.48. The van der Waals surface area contributed by atoms with Crippen molar-refractivity contribution in [1.29, 1.82) is 0 Å². The molecule has 0 fully saturated rings. The summed E-state index contributed by atoms with van der Waals surface area (Å²) in [6.45, 7) is 0.0852. The van der Waals surface area contributed by atoms with E-state index in [1.807, 2.05) is 30.3 Å². The molecule has 0 radical (unpaired) electrons. The van der Waals surface area contributed by atoms with Crippen LogP contribution in [0.1, 0.15) is 11.4 Å². The van der Waals surface area contributed by atoms with Crippen molar-refractivity contribution in [3.05, 3.63) is 41.7 Å². The van der Waals surface area contributed by atoms with Crippen LogP contribution in [0.5, 0.6) is 6.01 Å². The van der Waals surface area contributed by atoms with Gasteiger partial charge in [-0.2, -0.15) is 4.98 Å². The third kappa shape index (κ3) is 2.04. The molecule has 4 N–H and O–H groups in total. The van der Waals surface area contributed by atoms with Gasteiger partial charge in [-0.15, -0.1) is 0 Å². The highest BCUT2D eigenvalue weighted by atomic mass is 16.3. The molecule has 2 aromatic heterocycles. The second-order valence-electron chi connectivity index (χ2n) is 4.34. The number of imidazole rings is 1. The number of nitrogens with two attached hydrogens (primary N) is 1. The molecule has 7 nitrogen and oxygen atoms in total. The molecule has 0 unspecified atom stereocenters. The molecule has 0 saturated heterocycles. The molecular formula is C13H13N5O2. The highest BCUT2D eigenvalue weighted by Gasteiger charge is 2.16. The monoisotopic (exact) mass is 271 g/mol. The molecule has 0 spiro atoms. The molecule has 0 aliphatic carbocycles. The van der Waals surface area contributed by atoms with Gasteiger partial charge in [0.15, 0.2) is 22.8 Å². The molecular weight excluding hydrogens is 258 g/mol. The van der Waals surface area contributed by atoms with Crippen molar-refractivity contribution in [2.24, 2.45) is 0 Å². The van der Waals surface area contributed by atoms with Gasteiger partial charge in [-0.25, -0.2) is 9.97 Å². The van der Waals surface area contributed by atoms with Crippen LogP contribution in [-0.2, 0) is 13.2 Å². The molecule has 0 atom stereocenters. The molecule has 20 heavy (non-hydrogen) atoms. The maximum absolute atomic E-state index is 9.95. The summed E-state index contributed by atoms with van der Waals surface area (Å²) in [5, 5.41) is 19.1. The number of aromatic hydroxyl groups is 1. The number of benzene rings is 1. The Bertz CT molecular complexity index is 754. The lowest BCUT2D eigenvalue weighted by Crippen LogP contribution is -2.05. The maximum atomic E-state index is 9.95. The number of nitrogens with zero attached hydrogens (tertiary/aromatic N) is 4. The van der Waals surface area contributed by atoms with E-state index >= 15 is 0 Å². The molecule has 0 aliphatic heterocycles. The number of aliphatic hydroxyl groups excluding tert-OH is 1. The van der Waals surface area contributed by atoms with Crippen molar-refractivity contribution >= 4 is 17.0 Å². The lowest BCUT2D eigenvalue weighted by molar-refractivity contribution is 0.272. The first-order chi connectivity index (χ1) is 9.69. The van der Waals surface area contributed by atoms with E-state index in [4.69, 9.17) is 10.8 Å². The lowest BCUT2D eigenvalue weighted by Gasteiger charge is -2.06. The molecule has 2 heterocycles. The van der Waals surface area contributed by atoms with Gasteiger partial charge in [-0.3, -0.25) is 4.57 Å². The van der Waals surface area contributed by atoms with E-state index in [2.05, 4.69) is 15.0 Å².